The maximum atomic E-state index is 12.0. The predicted octanol–water partition coefficient (Wildman–Crippen LogP) is 1.50. The Morgan fingerprint density at radius 1 is 1.38 bits per heavy atom. The summed E-state index contributed by atoms with van der Waals surface area (Å²) in [6, 6.07) is 3.22. The second-order valence-electron chi connectivity index (χ2n) is 2.75. The molecule has 0 saturated heterocycles. The number of rotatable bonds is 3. The number of carbonyl (C=O) groups is 2. The number of aldehydes is 1. The number of carbonyl (C=O) groups excluding carboxylic acids is 2. The van der Waals surface area contributed by atoms with E-state index in [0.29, 0.717) is 0 Å². The first-order valence-electron chi connectivity index (χ1n) is 3.99. The highest BCUT2D eigenvalue weighted by molar-refractivity contribution is 6.02. The fourth-order valence-corrected chi connectivity index (χ4v) is 1.12. The Balaban J connectivity index is 3.28. The molecule has 86 valence electrons. The van der Waals surface area contributed by atoms with Crippen molar-refractivity contribution in [2.45, 2.75) is 6.36 Å². The normalized spacial score (nSPS) is 10.9. The van der Waals surface area contributed by atoms with Gasteiger partial charge in [-0.25, -0.2) is 0 Å². The third-order valence-electron chi connectivity index (χ3n) is 1.66. The number of amides is 1. The van der Waals surface area contributed by atoms with Crippen molar-refractivity contribution < 1.29 is 27.5 Å². The smallest absolute Gasteiger partial charge is 0.405 e. The molecule has 7 heteroatoms. The van der Waals surface area contributed by atoms with Crippen LogP contribution in [0.1, 0.15) is 20.7 Å². The molecule has 0 bridgehead atoms. The van der Waals surface area contributed by atoms with Gasteiger partial charge in [0, 0.05) is 5.56 Å². The Morgan fingerprint density at radius 2 is 2.00 bits per heavy atom. The lowest BCUT2D eigenvalue weighted by Gasteiger charge is -2.12. The average molecular weight is 233 g/mol. The lowest BCUT2D eigenvalue weighted by atomic mass is 10.1. The zero-order valence-electron chi connectivity index (χ0n) is 7.75. The van der Waals surface area contributed by atoms with E-state index in [9.17, 15) is 22.8 Å². The van der Waals surface area contributed by atoms with Gasteiger partial charge >= 0.3 is 6.36 Å². The summed E-state index contributed by atoms with van der Waals surface area (Å²) in [6.07, 6.45) is -4.73. The summed E-state index contributed by atoms with van der Waals surface area (Å²) >= 11 is 0. The van der Waals surface area contributed by atoms with E-state index < -0.39 is 23.6 Å². The van der Waals surface area contributed by atoms with Crippen LogP contribution in [0.5, 0.6) is 5.75 Å². The molecule has 0 aliphatic rings. The minimum Gasteiger partial charge on any atom is -0.405 e. The predicted molar refractivity (Wildman–Crippen MR) is 47.0 cm³/mol. The maximum absolute atomic E-state index is 12.0. The fourth-order valence-electron chi connectivity index (χ4n) is 1.12. The molecule has 0 heterocycles. The lowest BCUT2D eigenvalue weighted by Crippen LogP contribution is -2.22. The number of nitrogens with two attached hydrogens (primary N) is 1. The van der Waals surface area contributed by atoms with Gasteiger partial charge in [0.1, 0.15) is 5.75 Å². The van der Waals surface area contributed by atoms with E-state index in [0.717, 1.165) is 18.2 Å². The number of alkyl halides is 3. The number of hydrogen-bond donors (Lipinski definition) is 1. The molecule has 0 unspecified atom stereocenters. The molecule has 0 spiro atoms. The number of benzene rings is 1. The van der Waals surface area contributed by atoms with Crippen LogP contribution in [0.2, 0.25) is 0 Å². The van der Waals surface area contributed by atoms with Crippen molar-refractivity contribution in [3.63, 3.8) is 0 Å². The molecule has 1 rings (SSSR count). The van der Waals surface area contributed by atoms with Crippen LogP contribution < -0.4 is 10.5 Å². The first-order chi connectivity index (χ1) is 7.35. The molecule has 16 heavy (non-hydrogen) atoms. The largest absolute Gasteiger partial charge is 0.573 e. The number of hydrogen-bond acceptors (Lipinski definition) is 3. The van der Waals surface area contributed by atoms with Gasteiger partial charge in [-0.3, -0.25) is 9.59 Å². The van der Waals surface area contributed by atoms with Crippen molar-refractivity contribution in [1.82, 2.24) is 0 Å². The highest BCUT2D eigenvalue weighted by Crippen LogP contribution is 2.27. The molecule has 1 aromatic carbocycles. The van der Waals surface area contributed by atoms with Crippen molar-refractivity contribution in [2.24, 2.45) is 5.73 Å². The minimum atomic E-state index is -4.95. The van der Waals surface area contributed by atoms with Gasteiger partial charge in [0.15, 0.2) is 6.29 Å². The SMILES string of the molecule is NC(=O)c1c(C=O)cccc1OC(F)(F)F. The topological polar surface area (TPSA) is 69.4 Å². The summed E-state index contributed by atoms with van der Waals surface area (Å²) in [4.78, 5) is 21.4. The Morgan fingerprint density at radius 3 is 2.44 bits per heavy atom. The number of primary amides is 1. The van der Waals surface area contributed by atoms with Crippen LogP contribution in [0.15, 0.2) is 18.2 Å². The van der Waals surface area contributed by atoms with Crippen LogP contribution in [-0.4, -0.2) is 18.6 Å². The summed E-state index contributed by atoms with van der Waals surface area (Å²) in [5.74, 6) is -1.95. The second kappa shape index (κ2) is 4.21. The van der Waals surface area contributed by atoms with Crippen molar-refractivity contribution in [3.05, 3.63) is 29.3 Å². The van der Waals surface area contributed by atoms with Crippen molar-refractivity contribution in [1.29, 1.82) is 0 Å². The molecule has 0 saturated carbocycles. The van der Waals surface area contributed by atoms with Gasteiger partial charge < -0.3 is 10.5 Å². The molecule has 4 nitrogen and oxygen atoms in total. The van der Waals surface area contributed by atoms with Crippen LogP contribution in [0, 0.1) is 0 Å². The van der Waals surface area contributed by atoms with Crippen LogP contribution in [0.3, 0.4) is 0 Å². The molecule has 0 radical (unpaired) electrons. The highest BCUT2D eigenvalue weighted by Gasteiger charge is 2.33. The summed E-state index contributed by atoms with van der Waals surface area (Å²) < 4.78 is 39.5. The van der Waals surface area contributed by atoms with Crippen molar-refractivity contribution >= 4 is 12.2 Å². The third kappa shape index (κ3) is 2.72. The van der Waals surface area contributed by atoms with E-state index in [2.05, 4.69) is 4.74 Å². The van der Waals surface area contributed by atoms with Gasteiger partial charge in [0.05, 0.1) is 5.56 Å². The van der Waals surface area contributed by atoms with E-state index in [1.807, 2.05) is 0 Å². The minimum absolute atomic E-state index is 0.226. The van der Waals surface area contributed by atoms with Crippen LogP contribution in [-0.2, 0) is 0 Å². The van der Waals surface area contributed by atoms with Crippen molar-refractivity contribution in [2.75, 3.05) is 0 Å². The molecule has 0 atom stereocenters. The average Bonchev–Trinajstić information content (AvgIpc) is 2.14. The molecule has 1 aromatic rings. The van der Waals surface area contributed by atoms with Gasteiger partial charge in [-0.15, -0.1) is 13.2 Å². The van der Waals surface area contributed by atoms with Crippen LogP contribution in [0.4, 0.5) is 13.2 Å². The van der Waals surface area contributed by atoms with Crippen LogP contribution in [0.25, 0.3) is 0 Å². The fraction of sp³-hybridized carbons (Fsp3) is 0.111. The summed E-state index contributed by atoms with van der Waals surface area (Å²) in [5, 5.41) is 0. The lowest BCUT2D eigenvalue weighted by molar-refractivity contribution is -0.274. The Hall–Kier alpha value is -2.05. The molecular weight excluding hydrogens is 227 g/mol. The number of ether oxygens (including phenoxy) is 1. The molecule has 2 N–H and O–H groups in total. The Kier molecular flexibility index (Phi) is 3.17. The molecule has 0 fully saturated rings. The first kappa shape index (κ1) is 12.0. The van der Waals surface area contributed by atoms with Gasteiger partial charge in [0.2, 0.25) is 0 Å². The van der Waals surface area contributed by atoms with Gasteiger partial charge in [-0.2, -0.15) is 0 Å². The third-order valence-corrected chi connectivity index (χ3v) is 1.66. The van der Waals surface area contributed by atoms with E-state index in [-0.39, 0.29) is 11.8 Å². The van der Waals surface area contributed by atoms with Crippen LogP contribution >= 0.6 is 0 Å². The Labute approximate surface area is 87.8 Å². The molecular formula is C9H6F3NO3. The van der Waals surface area contributed by atoms with Gasteiger partial charge in [0.25, 0.3) is 5.91 Å². The molecule has 1 amide bonds. The summed E-state index contributed by atoms with van der Waals surface area (Å²) in [7, 11) is 0. The molecule has 0 aliphatic heterocycles. The standard InChI is InChI=1S/C9H6F3NO3/c10-9(11,12)16-6-3-1-2-5(4-14)7(6)8(13)15/h1-4H,(H2,13,15). The Bertz CT molecular complexity index is 428. The first-order valence-corrected chi connectivity index (χ1v) is 3.99. The quantitative estimate of drug-likeness (QED) is 0.804. The second-order valence-corrected chi connectivity index (χ2v) is 2.75. The van der Waals surface area contributed by atoms with E-state index in [4.69, 9.17) is 5.73 Å². The van der Waals surface area contributed by atoms with E-state index in [1.54, 1.807) is 0 Å². The monoisotopic (exact) mass is 233 g/mol. The summed E-state index contributed by atoms with van der Waals surface area (Å²) in [5.41, 5.74) is 4.02. The molecule has 0 aromatic heterocycles. The zero-order chi connectivity index (χ0) is 12.3. The van der Waals surface area contributed by atoms with Gasteiger partial charge in [-0.05, 0) is 6.07 Å². The zero-order valence-corrected chi connectivity index (χ0v) is 7.75. The van der Waals surface area contributed by atoms with E-state index in [1.165, 1.54) is 0 Å². The van der Waals surface area contributed by atoms with E-state index >= 15 is 0 Å². The maximum Gasteiger partial charge on any atom is 0.573 e. The molecule has 0 aliphatic carbocycles. The number of halogens is 3. The highest BCUT2D eigenvalue weighted by atomic mass is 19.4. The van der Waals surface area contributed by atoms with Crippen molar-refractivity contribution in [3.8, 4) is 5.75 Å². The van der Waals surface area contributed by atoms with Gasteiger partial charge in [-0.1, -0.05) is 12.1 Å². The summed E-state index contributed by atoms with van der Waals surface area (Å²) in [6.45, 7) is 0.